The number of benzene rings is 1. The summed E-state index contributed by atoms with van der Waals surface area (Å²) in [6.07, 6.45) is 0. The molecule has 1 aliphatic heterocycles. The van der Waals surface area contributed by atoms with Gasteiger partial charge in [0.2, 0.25) is 10.0 Å². The number of hydrogen-bond acceptors (Lipinski definition) is 4. The summed E-state index contributed by atoms with van der Waals surface area (Å²) in [5.74, 6) is 0. The van der Waals surface area contributed by atoms with Crippen LogP contribution in [0.3, 0.4) is 0 Å². The number of rotatable bonds is 3. The summed E-state index contributed by atoms with van der Waals surface area (Å²) < 4.78 is 27.6. The summed E-state index contributed by atoms with van der Waals surface area (Å²) in [6, 6.07) is 5.77. The number of nitrogens with two attached hydrogens (primary N) is 1. The number of sulfonamides is 1. The molecule has 2 amide bonds. The summed E-state index contributed by atoms with van der Waals surface area (Å²) in [5.41, 5.74) is 0.809. The van der Waals surface area contributed by atoms with E-state index >= 15 is 0 Å². The standard InChI is InChI=1S/C13H19N3O4S/c1-10(15-13(17)16-6-8-20-9-7-16)11-2-4-12(5-3-11)21(14,18)19/h2-5,10H,6-9H2,1H3,(H,15,17)(H2,14,18,19). The quantitative estimate of drug-likeness (QED) is 0.845. The number of ether oxygens (including phenoxy) is 1. The van der Waals surface area contributed by atoms with Crippen molar-refractivity contribution in [3.8, 4) is 0 Å². The number of carbonyl (C=O) groups is 1. The third-order valence-electron chi connectivity index (χ3n) is 3.35. The summed E-state index contributed by atoms with van der Waals surface area (Å²) in [5, 5.41) is 7.92. The highest BCUT2D eigenvalue weighted by atomic mass is 32.2. The Balaban J connectivity index is 1.99. The van der Waals surface area contributed by atoms with Crippen molar-refractivity contribution < 1.29 is 17.9 Å². The molecule has 0 aliphatic carbocycles. The average molecular weight is 313 g/mol. The summed E-state index contributed by atoms with van der Waals surface area (Å²) in [7, 11) is -3.69. The molecule has 1 aliphatic rings. The van der Waals surface area contributed by atoms with E-state index in [0.717, 1.165) is 5.56 Å². The van der Waals surface area contributed by atoms with E-state index in [-0.39, 0.29) is 17.0 Å². The normalized spacial score (nSPS) is 17.3. The van der Waals surface area contributed by atoms with Crippen LogP contribution in [0.4, 0.5) is 4.79 Å². The van der Waals surface area contributed by atoms with Crippen molar-refractivity contribution in [2.24, 2.45) is 5.14 Å². The largest absolute Gasteiger partial charge is 0.378 e. The van der Waals surface area contributed by atoms with Gasteiger partial charge in [-0.3, -0.25) is 0 Å². The van der Waals surface area contributed by atoms with Crippen molar-refractivity contribution in [2.75, 3.05) is 26.3 Å². The van der Waals surface area contributed by atoms with Crippen molar-refractivity contribution in [3.63, 3.8) is 0 Å². The Hall–Kier alpha value is -1.64. The van der Waals surface area contributed by atoms with Crippen LogP contribution in [-0.4, -0.2) is 45.7 Å². The number of morpholine rings is 1. The van der Waals surface area contributed by atoms with Gasteiger partial charge in [-0.25, -0.2) is 18.4 Å². The van der Waals surface area contributed by atoms with Gasteiger partial charge in [0.25, 0.3) is 0 Å². The Morgan fingerprint density at radius 2 is 1.86 bits per heavy atom. The third kappa shape index (κ3) is 4.16. The van der Waals surface area contributed by atoms with Gasteiger partial charge in [-0.05, 0) is 24.6 Å². The Labute approximate surface area is 124 Å². The zero-order valence-electron chi connectivity index (χ0n) is 11.8. The SMILES string of the molecule is CC(NC(=O)N1CCOCC1)c1ccc(S(N)(=O)=O)cc1. The number of nitrogens with zero attached hydrogens (tertiary/aromatic N) is 1. The molecule has 0 bridgehead atoms. The van der Waals surface area contributed by atoms with Crippen LogP contribution in [-0.2, 0) is 14.8 Å². The monoisotopic (exact) mass is 313 g/mol. The van der Waals surface area contributed by atoms with E-state index in [1.54, 1.807) is 17.0 Å². The van der Waals surface area contributed by atoms with Gasteiger partial charge in [-0.2, -0.15) is 0 Å². The van der Waals surface area contributed by atoms with Gasteiger partial charge >= 0.3 is 6.03 Å². The molecule has 0 saturated carbocycles. The number of primary sulfonamides is 1. The van der Waals surface area contributed by atoms with Crippen LogP contribution < -0.4 is 10.5 Å². The molecule has 1 aromatic carbocycles. The van der Waals surface area contributed by atoms with Gasteiger partial charge in [-0.1, -0.05) is 12.1 Å². The minimum Gasteiger partial charge on any atom is -0.378 e. The Bertz CT molecular complexity index is 594. The maximum Gasteiger partial charge on any atom is 0.318 e. The molecule has 1 fully saturated rings. The van der Waals surface area contributed by atoms with Crippen LogP contribution >= 0.6 is 0 Å². The van der Waals surface area contributed by atoms with Gasteiger partial charge in [0.05, 0.1) is 24.2 Å². The first-order chi connectivity index (χ1) is 9.88. The molecule has 8 heteroatoms. The average Bonchev–Trinajstić information content (AvgIpc) is 2.47. The second-order valence-electron chi connectivity index (χ2n) is 4.88. The fraction of sp³-hybridized carbons (Fsp3) is 0.462. The minimum absolute atomic E-state index is 0.0537. The maximum atomic E-state index is 12.1. The minimum atomic E-state index is -3.69. The number of hydrogen-bond donors (Lipinski definition) is 2. The van der Waals surface area contributed by atoms with Gasteiger partial charge in [0.15, 0.2) is 0 Å². The number of amides is 2. The van der Waals surface area contributed by atoms with E-state index in [2.05, 4.69) is 5.32 Å². The van der Waals surface area contributed by atoms with Gasteiger partial charge < -0.3 is 15.0 Å². The molecule has 1 aromatic rings. The highest BCUT2D eigenvalue weighted by Crippen LogP contribution is 2.16. The van der Waals surface area contributed by atoms with Gasteiger partial charge in [0.1, 0.15) is 0 Å². The van der Waals surface area contributed by atoms with E-state index in [4.69, 9.17) is 9.88 Å². The van der Waals surface area contributed by atoms with Crippen LogP contribution in [0.25, 0.3) is 0 Å². The number of urea groups is 1. The molecule has 2 rings (SSSR count). The second kappa shape index (κ2) is 6.42. The molecule has 1 heterocycles. The highest BCUT2D eigenvalue weighted by Gasteiger charge is 2.19. The first-order valence-electron chi connectivity index (χ1n) is 6.64. The highest BCUT2D eigenvalue weighted by molar-refractivity contribution is 7.89. The topological polar surface area (TPSA) is 102 Å². The van der Waals surface area contributed by atoms with Crippen LogP contribution in [0.2, 0.25) is 0 Å². The first-order valence-corrected chi connectivity index (χ1v) is 8.18. The molecular weight excluding hydrogens is 294 g/mol. The molecule has 3 N–H and O–H groups in total. The molecular formula is C13H19N3O4S. The number of carbonyl (C=O) groups excluding carboxylic acids is 1. The van der Waals surface area contributed by atoms with E-state index in [1.165, 1.54) is 12.1 Å². The first kappa shape index (κ1) is 15.7. The summed E-state index contributed by atoms with van der Waals surface area (Å²) in [4.78, 5) is 13.8. The van der Waals surface area contributed by atoms with E-state index in [0.29, 0.717) is 26.3 Å². The fourth-order valence-corrected chi connectivity index (χ4v) is 2.59. The smallest absolute Gasteiger partial charge is 0.318 e. The summed E-state index contributed by atoms with van der Waals surface area (Å²) >= 11 is 0. The van der Waals surface area contributed by atoms with Crippen LogP contribution in [0.1, 0.15) is 18.5 Å². The Morgan fingerprint density at radius 1 is 1.29 bits per heavy atom. The predicted molar refractivity (Wildman–Crippen MR) is 77.2 cm³/mol. The Morgan fingerprint density at radius 3 is 2.38 bits per heavy atom. The van der Waals surface area contributed by atoms with Crippen molar-refractivity contribution in [2.45, 2.75) is 17.9 Å². The van der Waals surface area contributed by atoms with Gasteiger partial charge in [-0.15, -0.1) is 0 Å². The fourth-order valence-electron chi connectivity index (χ4n) is 2.07. The van der Waals surface area contributed by atoms with Crippen LogP contribution in [0.5, 0.6) is 0 Å². The van der Waals surface area contributed by atoms with Crippen molar-refractivity contribution in [1.29, 1.82) is 0 Å². The molecule has 0 radical (unpaired) electrons. The Kier molecular flexibility index (Phi) is 4.81. The second-order valence-corrected chi connectivity index (χ2v) is 6.45. The van der Waals surface area contributed by atoms with Crippen molar-refractivity contribution in [3.05, 3.63) is 29.8 Å². The van der Waals surface area contributed by atoms with Crippen molar-refractivity contribution in [1.82, 2.24) is 10.2 Å². The maximum absolute atomic E-state index is 12.1. The van der Waals surface area contributed by atoms with Crippen LogP contribution in [0.15, 0.2) is 29.2 Å². The molecule has 1 unspecified atom stereocenters. The summed E-state index contributed by atoms with van der Waals surface area (Å²) in [6.45, 7) is 4.08. The lowest BCUT2D eigenvalue weighted by molar-refractivity contribution is 0.0526. The number of nitrogens with one attached hydrogen (secondary N) is 1. The third-order valence-corrected chi connectivity index (χ3v) is 4.28. The molecule has 0 spiro atoms. The molecule has 0 aromatic heterocycles. The molecule has 116 valence electrons. The van der Waals surface area contributed by atoms with Crippen LogP contribution in [0, 0.1) is 0 Å². The lowest BCUT2D eigenvalue weighted by Gasteiger charge is -2.28. The lowest BCUT2D eigenvalue weighted by Crippen LogP contribution is -2.46. The van der Waals surface area contributed by atoms with E-state index in [9.17, 15) is 13.2 Å². The lowest BCUT2D eigenvalue weighted by atomic mass is 10.1. The zero-order chi connectivity index (χ0) is 15.5. The molecule has 7 nitrogen and oxygen atoms in total. The molecule has 1 atom stereocenters. The molecule has 1 saturated heterocycles. The molecule has 21 heavy (non-hydrogen) atoms. The van der Waals surface area contributed by atoms with Crippen molar-refractivity contribution >= 4 is 16.1 Å². The zero-order valence-corrected chi connectivity index (χ0v) is 12.6. The predicted octanol–water partition coefficient (Wildman–Crippen LogP) is 0.437. The van der Waals surface area contributed by atoms with Gasteiger partial charge in [0, 0.05) is 13.1 Å². The van der Waals surface area contributed by atoms with E-state index in [1.807, 2.05) is 6.92 Å². The van der Waals surface area contributed by atoms with E-state index < -0.39 is 10.0 Å².